The molecule has 0 aliphatic carbocycles. The molecule has 0 bridgehead atoms. The first-order valence-electron chi connectivity index (χ1n) is 7.16. The highest BCUT2D eigenvalue weighted by atomic mass is 35.5. The van der Waals surface area contributed by atoms with Crippen molar-refractivity contribution in [2.75, 3.05) is 31.6 Å². The predicted molar refractivity (Wildman–Crippen MR) is 88.5 cm³/mol. The number of ether oxygens (including phenoxy) is 1. The Morgan fingerprint density at radius 2 is 2.27 bits per heavy atom. The molecule has 0 saturated carbocycles. The molecule has 124 valence electrons. The standard InChI is InChI=1S/C14H22ClN3O3S/c1-4-21-7-5-6-18(13(20)11(3)15)8-12(19)17-14-16-10(2)9-22-14/h9,11H,4-8H2,1-3H3,(H,16,17,19). The molecule has 6 nitrogen and oxygen atoms in total. The number of hydrogen-bond acceptors (Lipinski definition) is 5. The summed E-state index contributed by atoms with van der Waals surface area (Å²) >= 11 is 7.20. The van der Waals surface area contributed by atoms with Gasteiger partial charge in [0.2, 0.25) is 11.8 Å². The number of aromatic nitrogens is 1. The molecule has 1 aromatic heterocycles. The third kappa shape index (κ3) is 6.72. The summed E-state index contributed by atoms with van der Waals surface area (Å²) in [4.78, 5) is 29.7. The number of carbonyl (C=O) groups excluding carboxylic acids is 2. The fourth-order valence-electron chi connectivity index (χ4n) is 1.76. The number of halogens is 1. The Hall–Kier alpha value is -1.18. The van der Waals surface area contributed by atoms with E-state index < -0.39 is 5.38 Å². The molecule has 8 heteroatoms. The molecular weight excluding hydrogens is 326 g/mol. The molecule has 2 amide bonds. The minimum atomic E-state index is -0.665. The zero-order valence-corrected chi connectivity index (χ0v) is 14.7. The molecule has 0 radical (unpaired) electrons. The van der Waals surface area contributed by atoms with Gasteiger partial charge in [-0.2, -0.15) is 0 Å². The van der Waals surface area contributed by atoms with Crippen LogP contribution >= 0.6 is 22.9 Å². The molecule has 1 unspecified atom stereocenters. The average molecular weight is 348 g/mol. The van der Waals surface area contributed by atoms with Crippen LogP contribution in [0.3, 0.4) is 0 Å². The van der Waals surface area contributed by atoms with Gasteiger partial charge in [-0.15, -0.1) is 22.9 Å². The largest absolute Gasteiger partial charge is 0.382 e. The van der Waals surface area contributed by atoms with Gasteiger partial charge < -0.3 is 15.0 Å². The number of anilines is 1. The van der Waals surface area contributed by atoms with Gasteiger partial charge in [-0.1, -0.05) is 0 Å². The third-order valence-electron chi connectivity index (χ3n) is 2.77. The van der Waals surface area contributed by atoms with Crippen LogP contribution in [0.4, 0.5) is 5.13 Å². The monoisotopic (exact) mass is 347 g/mol. The van der Waals surface area contributed by atoms with Gasteiger partial charge in [-0.05, 0) is 27.2 Å². The van der Waals surface area contributed by atoms with Crippen molar-refractivity contribution in [3.8, 4) is 0 Å². The van der Waals surface area contributed by atoms with E-state index >= 15 is 0 Å². The van der Waals surface area contributed by atoms with Crippen molar-refractivity contribution in [3.05, 3.63) is 11.1 Å². The third-order valence-corrected chi connectivity index (χ3v) is 3.83. The molecule has 0 aliphatic rings. The Kier molecular flexibility index (Phi) is 8.37. The number of carbonyl (C=O) groups is 2. The molecule has 0 aromatic carbocycles. The maximum atomic E-state index is 12.1. The number of nitrogens with zero attached hydrogens (tertiary/aromatic N) is 2. The van der Waals surface area contributed by atoms with Crippen LogP contribution in [0.5, 0.6) is 0 Å². The van der Waals surface area contributed by atoms with E-state index in [1.54, 1.807) is 6.92 Å². The second kappa shape index (κ2) is 9.76. The summed E-state index contributed by atoms with van der Waals surface area (Å²) in [5.41, 5.74) is 0.847. The number of rotatable bonds is 9. The van der Waals surface area contributed by atoms with E-state index in [1.807, 2.05) is 19.2 Å². The second-order valence-corrected chi connectivity index (χ2v) is 6.28. The predicted octanol–water partition coefficient (Wildman–Crippen LogP) is 2.27. The summed E-state index contributed by atoms with van der Waals surface area (Å²) in [5.74, 6) is -0.542. The summed E-state index contributed by atoms with van der Waals surface area (Å²) in [6, 6.07) is 0. The molecule has 1 aromatic rings. The van der Waals surface area contributed by atoms with Gasteiger partial charge in [0.05, 0.1) is 12.2 Å². The van der Waals surface area contributed by atoms with Gasteiger partial charge in [0.25, 0.3) is 0 Å². The van der Waals surface area contributed by atoms with Crippen LogP contribution < -0.4 is 5.32 Å². The van der Waals surface area contributed by atoms with Gasteiger partial charge in [0, 0.05) is 25.1 Å². The highest BCUT2D eigenvalue weighted by molar-refractivity contribution is 7.13. The van der Waals surface area contributed by atoms with Crippen LogP contribution in [0.1, 0.15) is 26.0 Å². The van der Waals surface area contributed by atoms with Gasteiger partial charge in [-0.25, -0.2) is 4.98 Å². The Morgan fingerprint density at radius 3 is 2.82 bits per heavy atom. The number of nitrogens with one attached hydrogen (secondary N) is 1. The lowest BCUT2D eigenvalue weighted by Gasteiger charge is -2.23. The Balaban J connectivity index is 2.54. The lowest BCUT2D eigenvalue weighted by atomic mass is 10.3. The lowest BCUT2D eigenvalue weighted by molar-refractivity contribution is -0.134. The van der Waals surface area contributed by atoms with Crippen LogP contribution in [0, 0.1) is 6.92 Å². The van der Waals surface area contributed by atoms with E-state index in [4.69, 9.17) is 16.3 Å². The maximum Gasteiger partial charge on any atom is 0.245 e. The van der Waals surface area contributed by atoms with E-state index in [0.29, 0.717) is 31.3 Å². The molecule has 0 saturated heterocycles. The number of aryl methyl sites for hydroxylation is 1. The fourth-order valence-corrected chi connectivity index (χ4v) is 2.61. The van der Waals surface area contributed by atoms with E-state index in [0.717, 1.165) is 5.69 Å². The van der Waals surface area contributed by atoms with Crippen molar-refractivity contribution in [2.45, 2.75) is 32.6 Å². The van der Waals surface area contributed by atoms with Crippen LogP contribution in [0.25, 0.3) is 0 Å². The molecule has 0 aliphatic heterocycles. The van der Waals surface area contributed by atoms with Gasteiger partial charge in [0.1, 0.15) is 5.38 Å². The van der Waals surface area contributed by atoms with Crippen molar-refractivity contribution >= 4 is 39.9 Å². The number of thiazole rings is 1. The smallest absolute Gasteiger partial charge is 0.245 e. The highest BCUT2D eigenvalue weighted by Crippen LogP contribution is 2.14. The van der Waals surface area contributed by atoms with Gasteiger partial charge in [-0.3, -0.25) is 9.59 Å². The van der Waals surface area contributed by atoms with Crippen LogP contribution in [0.15, 0.2) is 5.38 Å². The zero-order chi connectivity index (χ0) is 16.5. The number of hydrogen-bond donors (Lipinski definition) is 1. The summed E-state index contributed by atoms with van der Waals surface area (Å²) in [6.07, 6.45) is 0.660. The van der Waals surface area contributed by atoms with Crippen molar-refractivity contribution < 1.29 is 14.3 Å². The molecule has 1 rings (SSSR count). The molecule has 0 spiro atoms. The summed E-state index contributed by atoms with van der Waals surface area (Å²) in [6.45, 7) is 6.93. The number of amides is 2. The van der Waals surface area contributed by atoms with E-state index in [1.165, 1.54) is 16.2 Å². The lowest BCUT2D eigenvalue weighted by Crippen LogP contribution is -2.42. The first kappa shape index (κ1) is 18.9. The zero-order valence-electron chi connectivity index (χ0n) is 13.1. The molecule has 0 fully saturated rings. The second-order valence-electron chi connectivity index (χ2n) is 4.77. The summed E-state index contributed by atoms with van der Waals surface area (Å²) < 4.78 is 5.25. The molecular formula is C14H22ClN3O3S. The maximum absolute atomic E-state index is 12.1. The Labute approximate surface area is 139 Å². The van der Waals surface area contributed by atoms with Crippen molar-refractivity contribution in [1.82, 2.24) is 9.88 Å². The normalized spacial score (nSPS) is 12.0. The van der Waals surface area contributed by atoms with Crippen LogP contribution in [-0.4, -0.2) is 53.4 Å². The molecule has 1 heterocycles. The Bertz CT molecular complexity index is 493. The minimum Gasteiger partial charge on any atom is -0.382 e. The summed E-state index contributed by atoms with van der Waals surface area (Å²) in [5, 5.41) is 4.40. The van der Waals surface area contributed by atoms with E-state index in [2.05, 4.69) is 10.3 Å². The molecule has 22 heavy (non-hydrogen) atoms. The first-order valence-corrected chi connectivity index (χ1v) is 8.48. The van der Waals surface area contributed by atoms with E-state index in [9.17, 15) is 9.59 Å². The summed E-state index contributed by atoms with van der Waals surface area (Å²) in [7, 11) is 0. The average Bonchev–Trinajstić information content (AvgIpc) is 2.86. The quantitative estimate of drug-likeness (QED) is 0.549. The minimum absolute atomic E-state index is 0.0410. The van der Waals surface area contributed by atoms with Gasteiger partial charge >= 0.3 is 0 Å². The molecule has 1 N–H and O–H groups in total. The van der Waals surface area contributed by atoms with Crippen molar-refractivity contribution in [1.29, 1.82) is 0 Å². The Morgan fingerprint density at radius 1 is 1.55 bits per heavy atom. The van der Waals surface area contributed by atoms with Crippen molar-refractivity contribution in [2.24, 2.45) is 0 Å². The number of alkyl halides is 1. The van der Waals surface area contributed by atoms with Crippen molar-refractivity contribution in [3.63, 3.8) is 0 Å². The van der Waals surface area contributed by atoms with Crippen LogP contribution in [0.2, 0.25) is 0 Å². The topological polar surface area (TPSA) is 71.5 Å². The first-order chi connectivity index (χ1) is 10.4. The van der Waals surface area contributed by atoms with E-state index in [-0.39, 0.29) is 18.4 Å². The molecule has 1 atom stereocenters. The van der Waals surface area contributed by atoms with Gasteiger partial charge in [0.15, 0.2) is 5.13 Å². The fraction of sp³-hybridized carbons (Fsp3) is 0.643. The highest BCUT2D eigenvalue weighted by Gasteiger charge is 2.21. The van der Waals surface area contributed by atoms with Crippen LogP contribution in [-0.2, 0) is 14.3 Å². The SMILES string of the molecule is CCOCCCN(CC(=O)Nc1nc(C)cs1)C(=O)C(C)Cl.